The van der Waals surface area contributed by atoms with Crippen molar-refractivity contribution in [3.8, 4) is 0 Å². The summed E-state index contributed by atoms with van der Waals surface area (Å²) in [5.74, 6) is -0.455. The highest BCUT2D eigenvalue weighted by Crippen LogP contribution is 2.11. The van der Waals surface area contributed by atoms with Crippen LogP contribution in [0.1, 0.15) is 33.1 Å². The maximum atomic E-state index is 10.3. The smallest absolute Gasteiger partial charge is 0.303 e. The first-order chi connectivity index (χ1) is 6.06. The quantitative estimate of drug-likeness (QED) is 0.641. The van der Waals surface area contributed by atoms with Gasteiger partial charge < -0.3 is 5.11 Å². The van der Waals surface area contributed by atoms with E-state index in [0.717, 1.165) is 18.4 Å². The molecule has 0 aromatic rings. The Hall–Kier alpha value is -1.05. The van der Waals surface area contributed by atoms with Gasteiger partial charge in [-0.05, 0) is 25.7 Å². The molecule has 0 aliphatic rings. The molecule has 0 saturated carbocycles. The standard InChI is InChI=1S/C11H18O2/c1-4-9(2)6-5-7-10(3)8-11(12)13/h4,6,10H,1,5,7-8H2,2-3H3,(H,12,13). The van der Waals surface area contributed by atoms with E-state index in [2.05, 4.69) is 12.7 Å². The zero-order valence-electron chi connectivity index (χ0n) is 8.42. The van der Waals surface area contributed by atoms with E-state index in [-0.39, 0.29) is 12.3 Å². The van der Waals surface area contributed by atoms with Gasteiger partial charge in [-0.15, -0.1) is 0 Å². The molecule has 0 aliphatic heterocycles. The van der Waals surface area contributed by atoms with Crippen LogP contribution < -0.4 is 0 Å². The van der Waals surface area contributed by atoms with Gasteiger partial charge in [0.05, 0.1) is 0 Å². The molecule has 2 nitrogen and oxygen atoms in total. The fourth-order valence-corrected chi connectivity index (χ4v) is 1.08. The molecule has 13 heavy (non-hydrogen) atoms. The Balaban J connectivity index is 3.64. The summed E-state index contributed by atoms with van der Waals surface area (Å²) in [6.07, 6.45) is 6.03. The van der Waals surface area contributed by atoms with E-state index >= 15 is 0 Å². The molecular weight excluding hydrogens is 164 g/mol. The topological polar surface area (TPSA) is 37.3 Å². The molecule has 2 heteroatoms. The largest absolute Gasteiger partial charge is 0.481 e. The number of carboxylic acids is 1. The molecule has 1 N–H and O–H groups in total. The van der Waals surface area contributed by atoms with E-state index in [1.807, 2.05) is 19.9 Å². The summed E-state index contributed by atoms with van der Waals surface area (Å²) in [5.41, 5.74) is 1.16. The van der Waals surface area contributed by atoms with Crippen molar-refractivity contribution in [2.45, 2.75) is 33.1 Å². The highest BCUT2D eigenvalue weighted by atomic mass is 16.4. The number of rotatable bonds is 6. The molecule has 0 aromatic heterocycles. The van der Waals surface area contributed by atoms with Crippen molar-refractivity contribution in [1.29, 1.82) is 0 Å². The maximum absolute atomic E-state index is 10.3. The highest BCUT2D eigenvalue weighted by molar-refractivity contribution is 5.66. The number of hydrogen-bond acceptors (Lipinski definition) is 1. The SMILES string of the molecule is C=CC(C)=CCCC(C)CC(=O)O. The molecule has 0 radical (unpaired) electrons. The summed E-state index contributed by atoms with van der Waals surface area (Å²) in [6, 6.07) is 0. The van der Waals surface area contributed by atoms with Crippen LogP contribution in [0.15, 0.2) is 24.3 Å². The highest BCUT2D eigenvalue weighted by Gasteiger charge is 2.05. The molecule has 1 atom stereocenters. The summed E-state index contributed by atoms with van der Waals surface area (Å²) in [6.45, 7) is 7.60. The Morgan fingerprint density at radius 2 is 2.23 bits per heavy atom. The molecule has 0 heterocycles. The average molecular weight is 182 g/mol. The molecule has 74 valence electrons. The lowest BCUT2D eigenvalue weighted by Crippen LogP contribution is -2.03. The maximum Gasteiger partial charge on any atom is 0.303 e. The van der Waals surface area contributed by atoms with Gasteiger partial charge in [0.2, 0.25) is 0 Å². The lowest BCUT2D eigenvalue weighted by molar-refractivity contribution is -0.138. The van der Waals surface area contributed by atoms with Crippen molar-refractivity contribution in [2.24, 2.45) is 5.92 Å². The zero-order valence-corrected chi connectivity index (χ0v) is 8.42. The average Bonchev–Trinajstić information content (AvgIpc) is 2.02. The van der Waals surface area contributed by atoms with Crippen molar-refractivity contribution in [3.63, 3.8) is 0 Å². The molecule has 0 aliphatic carbocycles. The van der Waals surface area contributed by atoms with E-state index in [0.29, 0.717) is 0 Å². The fourth-order valence-electron chi connectivity index (χ4n) is 1.08. The van der Waals surface area contributed by atoms with E-state index in [9.17, 15) is 4.79 Å². The van der Waals surface area contributed by atoms with Crippen LogP contribution in [-0.4, -0.2) is 11.1 Å². The van der Waals surface area contributed by atoms with Gasteiger partial charge in [0.15, 0.2) is 0 Å². The minimum Gasteiger partial charge on any atom is -0.481 e. The molecule has 0 fully saturated rings. The lowest BCUT2D eigenvalue weighted by atomic mass is 10.0. The van der Waals surface area contributed by atoms with Crippen LogP contribution in [0.25, 0.3) is 0 Å². The molecule has 0 aromatic carbocycles. The van der Waals surface area contributed by atoms with Crippen molar-refractivity contribution < 1.29 is 9.90 Å². The second-order valence-corrected chi connectivity index (χ2v) is 3.43. The summed E-state index contributed by atoms with van der Waals surface area (Å²) < 4.78 is 0. The number of allylic oxidation sites excluding steroid dienone is 3. The molecule has 0 bridgehead atoms. The molecule has 0 amide bonds. The van der Waals surface area contributed by atoms with Crippen LogP contribution >= 0.6 is 0 Å². The molecule has 0 rings (SSSR count). The third-order valence-corrected chi connectivity index (χ3v) is 1.97. The van der Waals surface area contributed by atoms with Crippen LogP contribution in [0.2, 0.25) is 0 Å². The van der Waals surface area contributed by atoms with Gasteiger partial charge in [-0.2, -0.15) is 0 Å². The minimum absolute atomic E-state index is 0.256. The minimum atomic E-state index is -0.711. The van der Waals surface area contributed by atoms with E-state index in [1.165, 1.54) is 0 Å². The summed E-state index contributed by atoms with van der Waals surface area (Å²) >= 11 is 0. The van der Waals surface area contributed by atoms with Crippen LogP contribution in [0, 0.1) is 5.92 Å². The number of carboxylic acid groups (broad SMARTS) is 1. The van der Waals surface area contributed by atoms with Crippen LogP contribution in [0.3, 0.4) is 0 Å². The van der Waals surface area contributed by atoms with Crippen molar-refractivity contribution in [2.75, 3.05) is 0 Å². The van der Waals surface area contributed by atoms with Crippen molar-refractivity contribution in [1.82, 2.24) is 0 Å². The lowest BCUT2D eigenvalue weighted by Gasteiger charge is -2.05. The number of carbonyl (C=O) groups is 1. The van der Waals surface area contributed by atoms with E-state index < -0.39 is 5.97 Å². The van der Waals surface area contributed by atoms with Crippen LogP contribution in [0.5, 0.6) is 0 Å². The number of hydrogen-bond donors (Lipinski definition) is 1. The predicted molar refractivity (Wildman–Crippen MR) is 54.6 cm³/mol. The van der Waals surface area contributed by atoms with E-state index in [1.54, 1.807) is 0 Å². The first-order valence-electron chi connectivity index (χ1n) is 4.57. The molecular formula is C11H18O2. The fraction of sp³-hybridized carbons (Fsp3) is 0.545. The van der Waals surface area contributed by atoms with E-state index in [4.69, 9.17) is 5.11 Å². The normalized spacial score (nSPS) is 13.8. The van der Waals surface area contributed by atoms with Crippen LogP contribution in [-0.2, 0) is 4.79 Å². The van der Waals surface area contributed by atoms with Crippen molar-refractivity contribution in [3.05, 3.63) is 24.3 Å². The number of aliphatic carboxylic acids is 1. The first-order valence-corrected chi connectivity index (χ1v) is 4.57. The van der Waals surface area contributed by atoms with Gasteiger partial charge in [-0.3, -0.25) is 4.79 Å². The summed E-state index contributed by atoms with van der Waals surface area (Å²) in [4.78, 5) is 10.3. The Bertz CT molecular complexity index is 204. The van der Waals surface area contributed by atoms with Gasteiger partial charge in [-0.1, -0.05) is 31.2 Å². The van der Waals surface area contributed by atoms with Gasteiger partial charge in [0.25, 0.3) is 0 Å². The Morgan fingerprint density at radius 3 is 2.69 bits per heavy atom. The Kier molecular flexibility index (Phi) is 5.94. The molecule has 0 saturated heterocycles. The van der Waals surface area contributed by atoms with Crippen molar-refractivity contribution >= 4 is 5.97 Å². The molecule has 1 unspecified atom stereocenters. The zero-order chi connectivity index (χ0) is 10.3. The Labute approximate surface area is 80.0 Å². The monoisotopic (exact) mass is 182 g/mol. The summed E-state index contributed by atoms with van der Waals surface area (Å²) in [7, 11) is 0. The molecule has 0 spiro atoms. The second-order valence-electron chi connectivity index (χ2n) is 3.43. The van der Waals surface area contributed by atoms with Crippen LogP contribution in [0.4, 0.5) is 0 Å². The van der Waals surface area contributed by atoms with Gasteiger partial charge >= 0.3 is 5.97 Å². The van der Waals surface area contributed by atoms with Gasteiger partial charge in [-0.25, -0.2) is 0 Å². The van der Waals surface area contributed by atoms with Gasteiger partial charge in [0.1, 0.15) is 0 Å². The Morgan fingerprint density at radius 1 is 1.62 bits per heavy atom. The summed E-state index contributed by atoms with van der Waals surface area (Å²) in [5, 5.41) is 8.51. The van der Waals surface area contributed by atoms with Gasteiger partial charge in [0, 0.05) is 6.42 Å². The third kappa shape index (κ3) is 7.32. The third-order valence-electron chi connectivity index (χ3n) is 1.97. The first kappa shape index (κ1) is 11.9. The second kappa shape index (κ2) is 6.46. The predicted octanol–water partition coefficient (Wildman–Crippen LogP) is 3.01.